The van der Waals surface area contributed by atoms with Crippen LogP contribution in [0.15, 0.2) is 18.2 Å². The maximum absolute atomic E-state index is 12.3. The van der Waals surface area contributed by atoms with E-state index >= 15 is 0 Å². The van der Waals surface area contributed by atoms with Crippen LogP contribution in [-0.2, 0) is 4.79 Å². The fraction of sp³-hybridized carbons (Fsp3) is 0.385. The van der Waals surface area contributed by atoms with Gasteiger partial charge in [-0.25, -0.2) is 0 Å². The minimum Gasteiger partial charge on any atom is -0.399 e. The molecule has 0 aliphatic heterocycles. The van der Waals surface area contributed by atoms with Crippen LogP contribution in [0.4, 0.5) is 5.69 Å². The van der Waals surface area contributed by atoms with Crippen LogP contribution in [0.1, 0.15) is 24.2 Å². The van der Waals surface area contributed by atoms with Crippen LogP contribution in [0.3, 0.4) is 0 Å². The number of nitrogen functional groups attached to an aromatic ring is 1. The molecule has 0 fully saturated rings. The molecule has 6 heteroatoms. The summed E-state index contributed by atoms with van der Waals surface area (Å²) in [6.45, 7) is 4.61. The van der Waals surface area contributed by atoms with Gasteiger partial charge in [-0.1, -0.05) is 11.6 Å². The van der Waals surface area contributed by atoms with Crippen LogP contribution in [0.2, 0.25) is 5.02 Å². The first-order chi connectivity index (χ1) is 8.99. The van der Waals surface area contributed by atoms with Crippen LogP contribution in [0.5, 0.6) is 0 Å². The number of hydrogen-bond acceptors (Lipinski definition) is 3. The predicted molar refractivity (Wildman–Crippen MR) is 76.1 cm³/mol. The van der Waals surface area contributed by atoms with E-state index in [4.69, 9.17) is 17.3 Å². The van der Waals surface area contributed by atoms with Gasteiger partial charge in [0, 0.05) is 18.8 Å². The Morgan fingerprint density at radius 3 is 2.58 bits per heavy atom. The van der Waals surface area contributed by atoms with Crippen LogP contribution >= 0.6 is 11.6 Å². The maximum atomic E-state index is 12.3. The molecule has 2 amide bonds. The Balaban J connectivity index is 2.86. The van der Waals surface area contributed by atoms with Gasteiger partial charge in [-0.2, -0.15) is 0 Å². The van der Waals surface area contributed by atoms with E-state index in [0.29, 0.717) is 29.4 Å². The number of nitrogens with zero attached hydrogens (tertiary/aromatic N) is 1. The van der Waals surface area contributed by atoms with Gasteiger partial charge in [0.1, 0.15) is 0 Å². The van der Waals surface area contributed by atoms with Crippen molar-refractivity contribution in [3.63, 3.8) is 0 Å². The molecule has 0 aliphatic rings. The number of nitrogens with one attached hydrogen (secondary N) is 1. The monoisotopic (exact) mass is 283 g/mol. The molecule has 19 heavy (non-hydrogen) atoms. The number of halogens is 1. The van der Waals surface area contributed by atoms with Gasteiger partial charge < -0.3 is 16.0 Å². The van der Waals surface area contributed by atoms with Gasteiger partial charge in [-0.05, 0) is 32.0 Å². The normalized spacial score (nSPS) is 10.1. The molecular formula is C13H18ClN3O2. The van der Waals surface area contributed by atoms with Gasteiger partial charge in [-0.15, -0.1) is 0 Å². The van der Waals surface area contributed by atoms with E-state index in [9.17, 15) is 9.59 Å². The molecule has 1 aromatic rings. The van der Waals surface area contributed by atoms with Crippen molar-refractivity contribution in [2.45, 2.75) is 13.8 Å². The number of anilines is 1. The van der Waals surface area contributed by atoms with Gasteiger partial charge in [0.05, 0.1) is 17.1 Å². The Hall–Kier alpha value is -1.75. The quantitative estimate of drug-likeness (QED) is 0.805. The van der Waals surface area contributed by atoms with Crippen LogP contribution in [0.25, 0.3) is 0 Å². The van der Waals surface area contributed by atoms with Gasteiger partial charge >= 0.3 is 0 Å². The number of likely N-dealkylation sites (N-methyl/N-ethyl adjacent to an activating group) is 2. The number of carbonyl (C=O) groups is 2. The molecule has 0 heterocycles. The van der Waals surface area contributed by atoms with E-state index < -0.39 is 0 Å². The average Bonchev–Trinajstić information content (AvgIpc) is 2.35. The highest BCUT2D eigenvalue weighted by atomic mass is 35.5. The minimum absolute atomic E-state index is 0.0177. The molecule has 0 saturated carbocycles. The summed E-state index contributed by atoms with van der Waals surface area (Å²) >= 11 is 6.00. The van der Waals surface area contributed by atoms with Crippen LogP contribution < -0.4 is 11.1 Å². The lowest BCUT2D eigenvalue weighted by atomic mass is 10.1. The van der Waals surface area contributed by atoms with Crippen LogP contribution in [-0.4, -0.2) is 36.3 Å². The van der Waals surface area contributed by atoms with Crippen LogP contribution in [0, 0.1) is 0 Å². The SMILES string of the molecule is CCNC(=O)CN(CC)C(=O)c1ccc(N)cc1Cl. The summed E-state index contributed by atoms with van der Waals surface area (Å²) in [5, 5.41) is 2.95. The highest BCUT2D eigenvalue weighted by Crippen LogP contribution is 2.20. The number of amides is 2. The first kappa shape index (κ1) is 15.3. The van der Waals surface area contributed by atoms with Gasteiger partial charge in [0.25, 0.3) is 5.91 Å². The Labute approximate surface area is 117 Å². The van der Waals surface area contributed by atoms with Crippen molar-refractivity contribution in [3.8, 4) is 0 Å². The highest BCUT2D eigenvalue weighted by Gasteiger charge is 2.19. The summed E-state index contributed by atoms with van der Waals surface area (Å²) in [6, 6.07) is 4.70. The standard InChI is InChI=1S/C13H18ClN3O2/c1-3-16-12(18)8-17(4-2)13(19)10-6-5-9(15)7-11(10)14/h5-7H,3-4,8,15H2,1-2H3,(H,16,18). The van der Waals surface area contributed by atoms with Crippen molar-refractivity contribution >= 4 is 29.1 Å². The fourth-order valence-corrected chi connectivity index (χ4v) is 1.90. The molecular weight excluding hydrogens is 266 g/mol. The number of benzene rings is 1. The highest BCUT2D eigenvalue weighted by molar-refractivity contribution is 6.34. The van der Waals surface area contributed by atoms with E-state index in [1.165, 1.54) is 11.0 Å². The van der Waals surface area contributed by atoms with Gasteiger partial charge in [0.2, 0.25) is 5.91 Å². The largest absolute Gasteiger partial charge is 0.399 e. The second-order valence-electron chi connectivity index (χ2n) is 4.01. The number of nitrogens with two attached hydrogens (primary N) is 1. The summed E-state index contributed by atoms with van der Waals surface area (Å²) in [4.78, 5) is 25.2. The average molecular weight is 284 g/mol. The van der Waals surface area contributed by atoms with Crippen molar-refractivity contribution in [2.75, 3.05) is 25.4 Å². The zero-order chi connectivity index (χ0) is 14.4. The summed E-state index contributed by atoms with van der Waals surface area (Å²) < 4.78 is 0. The molecule has 0 aliphatic carbocycles. The Morgan fingerprint density at radius 2 is 2.05 bits per heavy atom. The fourth-order valence-electron chi connectivity index (χ4n) is 1.63. The number of hydrogen-bond donors (Lipinski definition) is 2. The van der Waals surface area contributed by atoms with E-state index in [-0.39, 0.29) is 18.4 Å². The maximum Gasteiger partial charge on any atom is 0.255 e. The third-order valence-corrected chi connectivity index (χ3v) is 2.91. The minimum atomic E-state index is -0.279. The lowest BCUT2D eigenvalue weighted by molar-refractivity contribution is -0.121. The second-order valence-corrected chi connectivity index (χ2v) is 4.42. The third-order valence-electron chi connectivity index (χ3n) is 2.60. The molecule has 0 atom stereocenters. The molecule has 104 valence electrons. The molecule has 0 unspecified atom stereocenters. The lowest BCUT2D eigenvalue weighted by Crippen LogP contribution is -2.40. The molecule has 0 radical (unpaired) electrons. The van der Waals surface area contributed by atoms with Crippen molar-refractivity contribution in [2.24, 2.45) is 0 Å². The Bertz CT molecular complexity index is 477. The molecule has 0 saturated heterocycles. The van der Waals surface area contributed by atoms with Gasteiger partial charge in [-0.3, -0.25) is 9.59 Å². The predicted octanol–water partition coefficient (Wildman–Crippen LogP) is 1.52. The smallest absolute Gasteiger partial charge is 0.255 e. The Kier molecular flexibility index (Phi) is 5.63. The van der Waals surface area contributed by atoms with E-state index in [0.717, 1.165) is 0 Å². The lowest BCUT2D eigenvalue weighted by Gasteiger charge is -2.20. The molecule has 5 nitrogen and oxygen atoms in total. The van der Waals surface area contributed by atoms with Crippen molar-refractivity contribution in [3.05, 3.63) is 28.8 Å². The second kappa shape index (κ2) is 6.99. The summed E-state index contributed by atoms with van der Waals surface area (Å²) in [6.07, 6.45) is 0. The topological polar surface area (TPSA) is 75.4 Å². The molecule has 1 aromatic carbocycles. The van der Waals surface area contributed by atoms with Crippen molar-refractivity contribution < 1.29 is 9.59 Å². The zero-order valence-electron chi connectivity index (χ0n) is 11.1. The number of carbonyl (C=O) groups excluding carboxylic acids is 2. The first-order valence-corrected chi connectivity index (χ1v) is 6.48. The van der Waals surface area contributed by atoms with Gasteiger partial charge in [0.15, 0.2) is 0 Å². The number of rotatable bonds is 5. The van der Waals surface area contributed by atoms with Crippen molar-refractivity contribution in [1.82, 2.24) is 10.2 Å². The first-order valence-electron chi connectivity index (χ1n) is 6.10. The van der Waals surface area contributed by atoms with E-state index in [1.54, 1.807) is 12.1 Å². The summed E-state index contributed by atoms with van der Waals surface area (Å²) in [7, 11) is 0. The summed E-state index contributed by atoms with van der Waals surface area (Å²) in [5.41, 5.74) is 6.43. The molecule has 0 bridgehead atoms. The molecule has 1 rings (SSSR count). The third kappa shape index (κ3) is 4.13. The van der Waals surface area contributed by atoms with E-state index in [1.807, 2.05) is 13.8 Å². The molecule has 0 aromatic heterocycles. The zero-order valence-corrected chi connectivity index (χ0v) is 11.8. The van der Waals surface area contributed by atoms with Crippen molar-refractivity contribution in [1.29, 1.82) is 0 Å². The Morgan fingerprint density at radius 1 is 1.37 bits per heavy atom. The molecule has 3 N–H and O–H groups in total. The summed E-state index contributed by atoms with van der Waals surface area (Å²) in [5.74, 6) is -0.469. The molecule has 0 spiro atoms. The van der Waals surface area contributed by atoms with E-state index in [2.05, 4.69) is 5.32 Å².